The number of halogens is 11. The number of nitrogens with one attached hydrogen (secondary N) is 5. The van der Waals surface area contributed by atoms with Gasteiger partial charge in [0, 0.05) is 48.3 Å². The third-order valence-electron chi connectivity index (χ3n) is 14.2. The number of piperidine rings is 2. The third kappa shape index (κ3) is 14.6. The number of nitrogens with zero attached hydrogens (tertiary/aromatic N) is 12. The van der Waals surface area contributed by atoms with E-state index in [1.807, 2.05) is 0 Å². The molecule has 4 atom stereocenters. The van der Waals surface area contributed by atoms with Crippen LogP contribution in [0.1, 0.15) is 124 Å². The average molecular weight is 1190 g/mol. The Hall–Kier alpha value is -6.95. The van der Waals surface area contributed by atoms with Crippen LogP contribution in [0.5, 0.6) is 0 Å². The van der Waals surface area contributed by atoms with Gasteiger partial charge in [0.1, 0.15) is 11.6 Å². The van der Waals surface area contributed by atoms with E-state index in [1.54, 1.807) is 0 Å². The smallest absolute Gasteiger partial charge is 0.392 e. The number of anilines is 5. The Kier molecular flexibility index (Phi) is 17.3. The summed E-state index contributed by atoms with van der Waals surface area (Å²) < 4.78 is 139. The Morgan fingerprint density at radius 3 is 1.40 bits per heavy atom. The molecule has 2 saturated heterocycles. The van der Waals surface area contributed by atoms with Gasteiger partial charge in [0.2, 0.25) is 11.2 Å². The second-order valence-electron chi connectivity index (χ2n) is 23.5. The highest BCUT2D eigenvalue weighted by molar-refractivity contribution is 6.28. The zero-order valence-corrected chi connectivity index (χ0v) is 46.3. The van der Waals surface area contributed by atoms with E-state index in [0.29, 0.717) is 12.8 Å². The molecule has 2 aromatic carbocycles. The Bertz CT molecular complexity index is 3400. The Morgan fingerprint density at radius 1 is 0.598 bits per heavy atom. The normalized spacial score (nSPS) is 21.7. The van der Waals surface area contributed by atoms with Crippen molar-refractivity contribution in [2.24, 2.45) is 25.9 Å². The van der Waals surface area contributed by atoms with Crippen LogP contribution in [0, 0.1) is 35.1 Å². The van der Waals surface area contributed by atoms with Crippen LogP contribution in [0.25, 0.3) is 11.4 Å². The van der Waals surface area contributed by atoms with E-state index in [1.165, 1.54) is 14.1 Å². The van der Waals surface area contributed by atoms with Gasteiger partial charge in [-0.3, -0.25) is 0 Å². The fraction of sp³-hybridized carbons (Fsp3) is 0.569. The predicted molar refractivity (Wildman–Crippen MR) is 286 cm³/mol. The maximum atomic E-state index is 15.2. The first-order valence-corrected chi connectivity index (χ1v) is 25.9. The summed E-state index contributed by atoms with van der Waals surface area (Å²) >= 11 is 5.71. The molecule has 7 N–H and O–H groups in total. The van der Waals surface area contributed by atoms with E-state index in [4.69, 9.17) is 17.3 Å². The average Bonchev–Trinajstić information content (AvgIpc) is 4.47. The summed E-state index contributed by atoms with van der Waals surface area (Å²) in [6.45, 7) is 16.8. The van der Waals surface area contributed by atoms with Crippen LogP contribution < -0.4 is 43.7 Å². The van der Waals surface area contributed by atoms with Crippen molar-refractivity contribution in [2.45, 2.75) is 160 Å². The van der Waals surface area contributed by atoms with Crippen LogP contribution >= 0.6 is 11.6 Å². The predicted octanol–water partition coefficient (Wildman–Crippen LogP) is 9.14. The van der Waals surface area contributed by atoms with Crippen LogP contribution in [0.3, 0.4) is 0 Å². The van der Waals surface area contributed by atoms with E-state index in [-0.39, 0.29) is 111 Å². The van der Waals surface area contributed by atoms with Crippen molar-refractivity contribution in [3.63, 3.8) is 0 Å². The van der Waals surface area contributed by atoms with Crippen LogP contribution in [0.15, 0.2) is 46.2 Å². The number of nitrogens with two attached hydrogens (primary N) is 1. The highest BCUT2D eigenvalue weighted by Crippen LogP contribution is 2.58. The number of tetrazole rings is 2. The first-order chi connectivity index (χ1) is 37.4. The molecule has 0 bridgehead atoms. The van der Waals surface area contributed by atoms with E-state index in [9.17, 15) is 49.1 Å². The summed E-state index contributed by atoms with van der Waals surface area (Å²) in [5.41, 5.74) is 3.13. The number of benzene rings is 2. The molecule has 2 saturated carbocycles. The minimum atomic E-state index is -4.47. The van der Waals surface area contributed by atoms with E-state index < -0.39 is 70.7 Å². The summed E-state index contributed by atoms with van der Waals surface area (Å²) in [5, 5.41) is 30.5. The second-order valence-corrected chi connectivity index (χ2v) is 23.9. The molecule has 10 rings (SSSR count). The minimum absolute atomic E-state index is 0. The van der Waals surface area contributed by atoms with Crippen LogP contribution in [-0.4, -0.2) is 106 Å². The molecule has 6 aromatic rings. The Balaban J connectivity index is 0.000000194. The van der Waals surface area contributed by atoms with Crippen molar-refractivity contribution < 1.29 is 43.9 Å². The molecule has 0 unspecified atom stereocenters. The second kappa shape index (κ2) is 22.7. The zero-order chi connectivity index (χ0) is 59.7. The minimum Gasteiger partial charge on any atom is -0.396 e. The molecule has 82 heavy (non-hydrogen) atoms. The van der Waals surface area contributed by atoms with Crippen molar-refractivity contribution in [3.8, 4) is 11.4 Å². The number of hydrogen-bond donors (Lipinski definition) is 6. The maximum Gasteiger partial charge on any atom is 0.392 e. The summed E-state index contributed by atoms with van der Waals surface area (Å²) in [6.07, 6.45) is -4.05. The molecule has 0 amide bonds. The van der Waals surface area contributed by atoms with Gasteiger partial charge in [0.25, 0.3) is 0 Å². The molecular weight excluding hydrogens is 1120 g/mol. The number of hydrogen-bond acceptors (Lipinski definition) is 16. The van der Waals surface area contributed by atoms with Gasteiger partial charge < -0.3 is 32.3 Å². The lowest BCUT2D eigenvalue weighted by Crippen LogP contribution is -2.60. The van der Waals surface area contributed by atoms with Gasteiger partial charge >= 0.3 is 23.7 Å². The highest BCUT2D eigenvalue weighted by atomic mass is 35.5. The quantitative estimate of drug-likeness (QED) is 0.0425. The molecule has 4 fully saturated rings. The van der Waals surface area contributed by atoms with E-state index in [0.717, 1.165) is 68.2 Å². The van der Waals surface area contributed by atoms with Crippen molar-refractivity contribution in [3.05, 3.63) is 97.3 Å². The van der Waals surface area contributed by atoms with E-state index >= 15 is 4.39 Å². The first kappa shape index (κ1) is 62.6. The van der Waals surface area contributed by atoms with Crippen molar-refractivity contribution in [2.75, 3.05) is 21.7 Å². The fourth-order valence-electron chi connectivity index (χ4n) is 11.3. The molecule has 0 spiro atoms. The van der Waals surface area contributed by atoms with Gasteiger partial charge in [-0.1, -0.05) is 7.43 Å². The highest BCUT2D eigenvalue weighted by Gasteiger charge is 2.58. The number of nitrogen functional groups attached to an aromatic ring is 1. The lowest BCUT2D eigenvalue weighted by Gasteiger charge is -2.46. The Labute approximate surface area is 469 Å². The fourth-order valence-corrected chi connectivity index (χ4v) is 11.4. The lowest BCUT2D eigenvalue weighted by molar-refractivity contribution is -0.149. The zero-order valence-electron chi connectivity index (χ0n) is 45.6. The summed E-state index contributed by atoms with van der Waals surface area (Å²) in [5.74, 6) is -8.12. The van der Waals surface area contributed by atoms with Gasteiger partial charge in [-0.25, -0.2) is 37.1 Å². The summed E-state index contributed by atoms with van der Waals surface area (Å²) in [7, 11) is 2.67. The molecule has 20 nitrogen and oxygen atoms in total. The molecular formula is C51H65ClF10N18O2. The molecule has 2 aliphatic heterocycles. The standard InChI is InChI=1S/C25H30F5N9O.C13H20ClFN4.C12H11F4N5O.CH4/c1-23(2)9-12(10-24(3,4)35-23)32-20-17(27)11-31-21(34-20)33-18-8-19(39-22(40)38(5)36-37-39)14(7-16(18)26)13-6-15(13)25(28,29)30;1-12(2)5-8(6-13(3,4)19-12)17-10-9(15)7-16-11(14)18-10;1-20-11(22)21(19-18-20)10-4-9(17)8(13)3-6(10)5-2-7(5)12(14,15)16;/h7-8,11-13,15,35H,6,9-10H2,1-5H3,(H2,31,32,33,34);7-8,19H,5-6H2,1-4H3,(H,16,17,18);3-5,7H,2,17H2,1H3;1H4/t13-,15+;;5-,7+;/m1.1./s1. The van der Waals surface area contributed by atoms with Gasteiger partial charge in [-0.05, 0) is 174 Å². The van der Waals surface area contributed by atoms with Crippen LogP contribution in [-0.2, 0) is 14.1 Å². The number of aryl methyl sites for hydroxylation is 2. The van der Waals surface area contributed by atoms with E-state index in [2.05, 4.69) is 123 Å². The SMILES string of the molecule is C.CC1(C)CC(Nc2nc(Cl)ncc2F)CC(C)(C)N1.Cn1nnn(-c2cc(N)c(F)cc2[C@H]2C[C@@H]2C(F)(F)F)c1=O.Cn1nnn(-c2cc(Nc3ncc(F)c(NC4CC(C)(C)NC(C)(C)C4)n3)c(F)cc2[C@H]2C[C@@H]2C(F)(F)F)c1=O. The largest absolute Gasteiger partial charge is 0.396 e. The molecule has 4 aliphatic rings. The van der Waals surface area contributed by atoms with Gasteiger partial charge in [0.15, 0.2) is 23.3 Å². The first-order valence-electron chi connectivity index (χ1n) is 25.5. The molecule has 0 radical (unpaired) electrons. The topological polar surface area (TPSA) is 243 Å². The van der Waals surface area contributed by atoms with Crippen molar-refractivity contribution in [1.29, 1.82) is 0 Å². The molecule has 2 aliphatic carbocycles. The van der Waals surface area contributed by atoms with Gasteiger partial charge in [0.05, 0.1) is 47.0 Å². The number of alkyl halides is 6. The monoisotopic (exact) mass is 1190 g/mol. The maximum absolute atomic E-state index is 15.2. The van der Waals surface area contributed by atoms with Crippen molar-refractivity contribution >= 4 is 40.6 Å². The summed E-state index contributed by atoms with van der Waals surface area (Å²) in [6, 6.07) is 4.16. The molecule has 31 heteroatoms. The third-order valence-corrected chi connectivity index (χ3v) is 14.3. The van der Waals surface area contributed by atoms with Gasteiger partial charge in [-0.15, -0.1) is 0 Å². The molecule has 6 heterocycles. The number of rotatable bonds is 10. The van der Waals surface area contributed by atoms with Gasteiger partial charge in [-0.2, -0.15) is 55.0 Å². The molecule has 4 aromatic heterocycles. The Morgan fingerprint density at radius 2 is 1.00 bits per heavy atom. The number of aromatic nitrogens is 12. The summed E-state index contributed by atoms with van der Waals surface area (Å²) in [4.78, 5) is 40.0. The van der Waals surface area contributed by atoms with Crippen LogP contribution in [0.4, 0.5) is 72.9 Å². The lowest BCUT2D eigenvalue weighted by atomic mass is 9.79. The molecule has 448 valence electrons. The van der Waals surface area contributed by atoms with Crippen molar-refractivity contribution in [1.82, 2.24) is 70.2 Å². The van der Waals surface area contributed by atoms with Crippen LogP contribution in [0.2, 0.25) is 5.28 Å².